The fraction of sp³-hybridized carbons (Fsp3) is 1.00. The predicted octanol–water partition coefficient (Wildman–Crippen LogP) is 0.396. The summed E-state index contributed by atoms with van der Waals surface area (Å²) in [6, 6.07) is 0. The highest BCUT2D eigenvalue weighted by Crippen LogP contribution is 2.22. The van der Waals surface area contributed by atoms with Crippen LogP contribution in [-0.2, 0) is 4.52 Å². The van der Waals surface area contributed by atoms with Crippen LogP contribution in [0.3, 0.4) is 0 Å². The molecule has 0 saturated heterocycles. The molecule has 5 heteroatoms. The third-order valence-corrected chi connectivity index (χ3v) is 0.734. The standard InChI is InChI=1S/C2H7O3P.H3N/c1-2-5-6(3)4;/h3-4H,2H2,1H3;1H3. The molecule has 0 radical (unpaired) electrons. The summed E-state index contributed by atoms with van der Waals surface area (Å²) in [6.07, 6.45) is 0. The first-order chi connectivity index (χ1) is 2.77. The van der Waals surface area contributed by atoms with Gasteiger partial charge in [-0.2, -0.15) is 0 Å². The molecule has 0 bridgehead atoms. The lowest BCUT2D eigenvalue weighted by Crippen LogP contribution is -1.78. The van der Waals surface area contributed by atoms with Crippen molar-refractivity contribution < 1.29 is 14.3 Å². The zero-order chi connectivity index (χ0) is 4.99. The summed E-state index contributed by atoms with van der Waals surface area (Å²) in [7, 11) is -2.10. The van der Waals surface area contributed by atoms with Crippen LogP contribution < -0.4 is 6.15 Å². The molecule has 0 aromatic carbocycles. The molecule has 4 nitrogen and oxygen atoms in total. The summed E-state index contributed by atoms with van der Waals surface area (Å²) < 4.78 is 4.22. The fourth-order valence-corrected chi connectivity index (χ4v) is 0.346. The summed E-state index contributed by atoms with van der Waals surface area (Å²) in [5.41, 5.74) is 0. The van der Waals surface area contributed by atoms with E-state index in [0.717, 1.165) is 0 Å². The zero-order valence-corrected chi connectivity index (χ0v) is 5.06. The van der Waals surface area contributed by atoms with E-state index >= 15 is 0 Å². The SMILES string of the molecule is CCOP(O)O.N. The van der Waals surface area contributed by atoms with E-state index in [1.165, 1.54) is 0 Å². The molecular formula is C2H10NO3P. The van der Waals surface area contributed by atoms with Gasteiger partial charge in [0.2, 0.25) is 0 Å². The number of hydrogen-bond donors (Lipinski definition) is 3. The molecule has 0 spiro atoms. The van der Waals surface area contributed by atoms with Crippen LogP contribution in [-0.4, -0.2) is 16.4 Å². The van der Waals surface area contributed by atoms with Gasteiger partial charge in [-0.15, -0.1) is 0 Å². The Morgan fingerprint density at radius 2 is 2.00 bits per heavy atom. The van der Waals surface area contributed by atoms with Crippen molar-refractivity contribution in [2.24, 2.45) is 0 Å². The normalized spacial score (nSPS) is 8.57. The quantitative estimate of drug-likeness (QED) is 0.468. The van der Waals surface area contributed by atoms with Crippen molar-refractivity contribution in [3.05, 3.63) is 0 Å². The molecule has 0 unspecified atom stereocenters. The van der Waals surface area contributed by atoms with Crippen LogP contribution >= 0.6 is 8.60 Å². The molecule has 0 aromatic rings. The van der Waals surface area contributed by atoms with Gasteiger partial charge >= 0.3 is 8.60 Å². The molecule has 0 fully saturated rings. The van der Waals surface area contributed by atoms with Gasteiger partial charge in [0.25, 0.3) is 0 Å². The van der Waals surface area contributed by atoms with Gasteiger partial charge in [-0.1, -0.05) is 0 Å². The third kappa shape index (κ3) is 10.7. The van der Waals surface area contributed by atoms with Crippen molar-refractivity contribution in [2.75, 3.05) is 6.61 Å². The topological polar surface area (TPSA) is 84.7 Å². The molecule has 0 rings (SSSR count). The van der Waals surface area contributed by atoms with Crippen molar-refractivity contribution in [2.45, 2.75) is 6.92 Å². The Kier molecular flexibility index (Phi) is 9.22. The van der Waals surface area contributed by atoms with Crippen LogP contribution in [0.4, 0.5) is 0 Å². The lowest BCUT2D eigenvalue weighted by Gasteiger charge is -1.95. The Hall–Kier alpha value is 0.270. The lowest BCUT2D eigenvalue weighted by atomic mass is 10.9. The summed E-state index contributed by atoms with van der Waals surface area (Å²) in [6.45, 7) is 2.06. The van der Waals surface area contributed by atoms with Crippen molar-refractivity contribution in [1.82, 2.24) is 6.15 Å². The van der Waals surface area contributed by atoms with E-state index < -0.39 is 8.60 Å². The Balaban J connectivity index is 0. The predicted molar refractivity (Wildman–Crippen MR) is 28.0 cm³/mol. The van der Waals surface area contributed by atoms with Crippen LogP contribution in [0.15, 0.2) is 0 Å². The van der Waals surface area contributed by atoms with Crippen molar-refractivity contribution in [3.8, 4) is 0 Å². The van der Waals surface area contributed by atoms with Gasteiger partial charge in [0.1, 0.15) is 0 Å². The molecule has 0 aliphatic heterocycles. The van der Waals surface area contributed by atoms with Crippen LogP contribution in [0.2, 0.25) is 0 Å². The maximum absolute atomic E-state index is 7.95. The van der Waals surface area contributed by atoms with Crippen LogP contribution in [0.1, 0.15) is 6.92 Å². The monoisotopic (exact) mass is 127 g/mol. The van der Waals surface area contributed by atoms with E-state index in [1.807, 2.05) is 0 Å². The molecule has 0 heterocycles. The van der Waals surface area contributed by atoms with Crippen molar-refractivity contribution in [3.63, 3.8) is 0 Å². The number of hydrogen-bond acceptors (Lipinski definition) is 4. The molecule has 5 N–H and O–H groups in total. The Labute approximate surface area is 43.7 Å². The van der Waals surface area contributed by atoms with Gasteiger partial charge in [-0.25, -0.2) is 0 Å². The Morgan fingerprint density at radius 3 is 2.00 bits per heavy atom. The maximum Gasteiger partial charge on any atom is 0.327 e. The van der Waals surface area contributed by atoms with Gasteiger partial charge in [-0.3, -0.25) is 0 Å². The molecule has 0 saturated carbocycles. The molecule has 0 aliphatic carbocycles. The van der Waals surface area contributed by atoms with Gasteiger partial charge in [0.05, 0.1) is 6.61 Å². The summed E-state index contributed by atoms with van der Waals surface area (Å²) in [5.74, 6) is 0. The zero-order valence-electron chi connectivity index (χ0n) is 4.16. The second-order valence-electron chi connectivity index (χ2n) is 0.671. The van der Waals surface area contributed by atoms with E-state index in [4.69, 9.17) is 9.79 Å². The van der Waals surface area contributed by atoms with E-state index in [-0.39, 0.29) is 6.15 Å². The summed E-state index contributed by atoms with van der Waals surface area (Å²) >= 11 is 0. The van der Waals surface area contributed by atoms with Gasteiger partial charge in [-0.05, 0) is 6.92 Å². The van der Waals surface area contributed by atoms with Gasteiger partial charge in [0, 0.05) is 0 Å². The largest absolute Gasteiger partial charge is 0.344 e. The summed E-state index contributed by atoms with van der Waals surface area (Å²) in [5, 5.41) is 0. The third-order valence-electron chi connectivity index (χ3n) is 0.245. The molecule has 46 valence electrons. The van der Waals surface area contributed by atoms with E-state index in [0.29, 0.717) is 6.61 Å². The average molecular weight is 127 g/mol. The summed E-state index contributed by atoms with van der Waals surface area (Å²) in [4.78, 5) is 15.9. The first kappa shape index (κ1) is 10.3. The smallest absolute Gasteiger partial charge is 0.327 e. The minimum Gasteiger partial charge on any atom is -0.344 e. The molecule has 0 atom stereocenters. The van der Waals surface area contributed by atoms with E-state index in [9.17, 15) is 0 Å². The second kappa shape index (κ2) is 6.27. The highest BCUT2D eigenvalue weighted by molar-refractivity contribution is 7.39. The van der Waals surface area contributed by atoms with E-state index in [2.05, 4.69) is 4.52 Å². The molecular weight excluding hydrogens is 117 g/mol. The Bertz CT molecular complexity index is 34.1. The second-order valence-corrected chi connectivity index (χ2v) is 1.43. The molecule has 7 heavy (non-hydrogen) atoms. The molecule has 0 amide bonds. The van der Waals surface area contributed by atoms with Crippen molar-refractivity contribution >= 4 is 8.60 Å². The van der Waals surface area contributed by atoms with E-state index in [1.54, 1.807) is 6.92 Å². The maximum atomic E-state index is 7.95. The fourth-order valence-electron chi connectivity index (χ4n) is 0.115. The van der Waals surface area contributed by atoms with Crippen LogP contribution in [0.5, 0.6) is 0 Å². The van der Waals surface area contributed by atoms with Crippen LogP contribution in [0.25, 0.3) is 0 Å². The average Bonchev–Trinajstić information content (AvgIpc) is 1.35. The highest BCUT2D eigenvalue weighted by Gasteiger charge is 1.91. The first-order valence-corrected chi connectivity index (χ1v) is 2.74. The first-order valence-electron chi connectivity index (χ1n) is 1.58. The Morgan fingerprint density at radius 1 is 1.57 bits per heavy atom. The highest BCUT2D eigenvalue weighted by atomic mass is 31.2. The van der Waals surface area contributed by atoms with Gasteiger partial charge < -0.3 is 20.5 Å². The lowest BCUT2D eigenvalue weighted by molar-refractivity contribution is 0.269. The van der Waals surface area contributed by atoms with Crippen LogP contribution in [0, 0.1) is 0 Å². The van der Waals surface area contributed by atoms with Crippen molar-refractivity contribution in [1.29, 1.82) is 0 Å². The minimum absolute atomic E-state index is 0. The number of rotatable bonds is 2. The molecule has 0 aliphatic rings. The minimum atomic E-state index is -2.10. The molecule has 0 aromatic heterocycles. The van der Waals surface area contributed by atoms with Gasteiger partial charge in [0.15, 0.2) is 0 Å².